The van der Waals surface area contributed by atoms with Gasteiger partial charge in [-0.2, -0.15) is 11.3 Å². The van der Waals surface area contributed by atoms with E-state index in [9.17, 15) is 0 Å². The van der Waals surface area contributed by atoms with Crippen molar-refractivity contribution >= 4 is 11.3 Å². The minimum absolute atomic E-state index is 0.619. The SMILES string of the molecule is CCNC1CCc2cc(C)ccc2C1Cc1ccsc1. The van der Waals surface area contributed by atoms with Crippen LogP contribution in [0.5, 0.6) is 0 Å². The van der Waals surface area contributed by atoms with Gasteiger partial charge in [0.1, 0.15) is 0 Å². The average molecular weight is 285 g/mol. The smallest absolute Gasteiger partial charge is 0.0142 e. The first-order valence-corrected chi connectivity index (χ1v) is 8.56. The summed E-state index contributed by atoms with van der Waals surface area (Å²) in [4.78, 5) is 0. The second-order valence-electron chi connectivity index (χ2n) is 5.85. The van der Waals surface area contributed by atoms with Gasteiger partial charge in [-0.1, -0.05) is 30.7 Å². The molecule has 0 bridgehead atoms. The molecule has 1 nitrogen and oxygen atoms in total. The Bertz CT molecular complexity index is 559. The quantitative estimate of drug-likeness (QED) is 0.883. The summed E-state index contributed by atoms with van der Waals surface area (Å²) in [6.07, 6.45) is 3.64. The number of hydrogen-bond acceptors (Lipinski definition) is 2. The van der Waals surface area contributed by atoms with Gasteiger partial charge in [-0.3, -0.25) is 0 Å². The Morgan fingerprint density at radius 1 is 1.30 bits per heavy atom. The van der Waals surface area contributed by atoms with Crippen LogP contribution in [-0.2, 0) is 12.8 Å². The van der Waals surface area contributed by atoms with Crippen molar-refractivity contribution in [1.82, 2.24) is 5.32 Å². The molecule has 20 heavy (non-hydrogen) atoms. The van der Waals surface area contributed by atoms with E-state index in [-0.39, 0.29) is 0 Å². The molecule has 1 N–H and O–H groups in total. The molecule has 1 aromatic carbocycles. The van der Waals surface area contributed by atoms with Crippen molar-refractivity contribution in [3.05, 3.63) is 57.3 Å². The van der Waals surface area contributed by atoms with Crippen molar-refractivity contribution < 1.29 is 0 Å². The van der Waals surface area contributed by atoms with E-state index in [1.807, 2.05) is 0 Å². The highest BCUT2D eigenvalue weighted by Gasteiger charge is 2.29. The Balaban J connectivity index is 1.92. The maximum Gasteiger partial charge on any atom is 0.0142 e. The van der Waals surface area contributed by atoms with Crippen LogP contribution in [0.15, 0.2) is 35.0 Å². The van der Waals surface area contributed by atoms with Crippen LogP contribution in [0.1, 0.15) is 41.5 Å². The van der Waals surface area contributed by atoms with E-state index in [1.54, 1.807) is 22.5 Å². The Hall–Kier alpha value is -1.12. The number of rotatable bonds is 4. The molecule has 0 saturated carbocycles. The zero-order valence-corrected chi connectivity index (χ0v) is 13.2. The fourth-order valence-electron chi connectivity index (χ4n) is 3.46. The minimum Gasteiger partial charge on any atom is -0.314 e. The first-order valence-electron chi connectivity index (χ1n) is 7.62. The van der Waals surface area contributed by atoms with Crippen LogP contribution in [0.2, 0.25) is 0 Å². The molecule has 2 unspecified atom stereocenters. The van der Waals surface area contributed by atoms with Crippen LogP contribution in [0, 0.1) is 6.92 Å². The van der Waals surface area contributed by atoms with Gasteiger partial charge in [-0.15, -0.1) is 0 Å². The Kier molecular flexibility index (Phi) is 4.23. The van der Waals surface area contributed by atoms with Crippen LogP contribution in [-0.4, -0.2) is 12.6 Å². The highest BCUT2D eigenvalue weighted by atomic mass is 32.1. The largest absolute Gasteiger partial charge is 0.314 e. The lowest BCUT2D eigenvalue weighted by molar-refractivity contribution is 0.392. The fourth-order valence-corrected chi connectivity index (χ4v) is 4.14. The normalized spacial score (nSPS) is 21.7. The van der Waals surface area contributed by atoms with Crippen molar-refractivity contribution in [2.45, 2.75) is 45.1 Å². The van der Waals surface area contributed by atoms with Crippen molar-refractivity contribution in [2.75, 3.05) is 6.54 Å². The Labute approximate surface area is 126 Å². The molecule has 1 aliphatic rings. The van der Waals surface area contributed by atoms with Gasteiger partial charge in [0.05, 0.1) is 0 Å². The zero-order valence-electron chi connectivity index (χ0n) is 12.4. The van der Waals surface area contributed by atoms with Crippen molar-refractivity contribution in [1.29, 1.82) is 0 Å². The molecule has 2 heteroatoms. The number of hydrogen-bond donors (Lipinski definition) is 1. The standard InChI is InChI=1S/C18H23NS/c1-3-19-18-7-5-15-10-13(2)4-6-16(15)17(18)11-14-8-9-20-12-14/h4,6,8-10,12,17-19H,3,5,7,11H2,1-2H3. The molecule has 1 aliphatic carbocycles. The van der Waals surface area contributed by atoms with E-state index in [2.05, 4.69) is 54.2 Å². The molecular formula is C18H23NS. The van der Waals surface area contributed by atoms with Crippen LogP contribution in [0.3, 0.4) is 0 Å². The van der Waals surface area contributed by atoms with Crippen LogP contribution < -0.4 is 5.32 Å². The van der Waals surface area contributed by atoms with Gasteiger partial charge in [-0.05, 0) is 66.2 Å². The van der Waals surface area contributed by atoms with Crippen molar-refractivity contribution in [3.63, 3.8) is 0 Å². The van der Waals surface area contributed by atoms with Crippen LogP contribution in [0.4, 0.5) is 0 Å². The lowest BCUT2D eigenvalue weighted by atomic mass is 9.76. The number of benzene rings is 1. The first kappa shape index (κ1) is 13.8. The van der Waals surface area contributed by atoms with Gasteiger partial charge < -0.3 is 5.32 Å². The van der Waals surface area contributed by atoms with Gasteiger partial charge in [0.2, 0.25) is 0 Å². The lowest BCUT2D eigenvalue weighted by Crippen LogP contribution is -2.39. The fraction of sp³-hybridized carbons (Fsp3) is 0.444. The molecule has 2 atom stereocenters. The van der Waals surface area contributed by atoms with E-state index in [4.69, 9.17) is 0 Å². The summed E-state index contributed by atoms with van der Waals surface area (Å²) >= 11 is 1.81. The van der Waals surface area contributed by atoms with E-state index in [0.717, 1.165) is 13.0 Å². The maximum atomic E-state index is 3.71. The third-order valence-electron chi connectivity index (χ3n) is 4.41. The van der Waals surface area contributed by atoms with E-state index < -0.39 is 0 Å². The van der Waals surface area contributed by atoms with Crippen molar-refractivity contribution in [2.24, 2.45) is 0 Å². The summed E-state index contributed by atoms with van der Waals surface area (Å²) in [5, 5.41) is 8.19. The second-order valence-corrected chi connectivity index (χ2v) is 6.63. The molecule has 0 fully saturated rings. The third kappa shape index (κ3) is 2.82. The maximum absolute atomic E-state index is 3.71. The Morgan fingerprint density at radius 2 is 2.20 bits per heavy atom. The number of nitrogens with one attached hydrogen (secondary N) is 1. The third-order valence-corrected chi connectivity index (χ3v) is 5.14. The van der Waals surface area contributed by atoms with Gasteiger partial charge in [0.25, 0.3) is 0 Å². The summed E-state index contributed by atoms with van der Waals surface area (Å²) < 4.78 is 0. The Morgan fingerprint density at radius 3 is 2.95 bits per heavy atom. The average Bonchev–Trinajstić information content (AvgIpc) is 2.94. The molecular weight excluding hydrogens is 262 g/mol. The molecule has 1 heterocycles. The number of thiophene rings is 1. The lowest BCUT2D eigenvalue weighted by Gasteiger charge is -2.34. The summed E-state index contributed by atoms with van der Waals surface area (Å²) in [6.45, 7) is 5.48. The number of likely N-dealkylation sites (N-methyl/N-ethyl adjacent to an activating group) is 1. The predicted molar refractivity (Wildman–Crippen MR) is 87.7 cm³/mol. The minimum atomic E-state index is 0.619. The number of aryl methyl sites for hydroxylation is 2. The highest BCUT2D eigenvalue weighted by molar-refractivity contribution is 7.07. The summed E-state index contributed by atoms with van der Waals surface area (Å²) in [5.41, 5.74) is 6.01. The van der Waals surface area contributed by atoms with Crippen LogP contribution in [0.25, 0.3) is 0 Å². The van der Waals surface area contributed by atoms with Gasteiger partial charge in [0.15, 0.2) is 0 Å². The summed E-state index contributed by atoms with van der Waals surface area (Å²) in [7, 11) is 0. The topological polar surface area (TPSA) is 12.0 Å². The molecule has 0 saturated heterocycles. The van der Waals surface area contributed by atoms with Crippen LogP contribution >= 0.6 is 11.3 Å². The molecule has 2 aromatic rings. The predicted octanol–water partition coefficient (Wildman–Crippen LogP) is 4.31. The molecule has 0 radical (unpaired) electrons. The van der Waals surface area contributed by atoms with E-state index >= 15 is 0 Å². The van der Waals surface area contributed by atoms with E-state index in [1.165, 1.54) is 24.0 Å². The second kappa shape index (κ2) is 6.11. The molecule has 0 aliphatic heterocycles. The van der Waals surface area contributed by atoms with Crippen molar-refractivity contribution in [3.8, 4) is 0 Å². The van der Waals surface area contributed by atoms with E-state index in [0.29, 0.717) is 12.0 Å². The zero-order chi connectivity index (χ0) is 13.9. The van der Waals surface area contributed by atoms with Gasteiger partial charge in [-0.25, -0.2) is 0 Å². The number of fused-ring (bicyclic) bond motifs is 1. The molecule has 0 spiro atoms. The first-order chi connectivity index (χ1) is 9.78. The summed E-state index contributed by atoms with van der Waals surface area (Å²) in [6, 6.07) is 9.92. The molecule has 3 rings (SSSR count). The molecule has 1 aromatic heterocycles. The molecule has 106 valence electrons. The molecule has 0 amide bonds. The van der Waals surface area contributed by atoms with Gasteiger partial charge in [0, 0.05) is 12.0 Å². The summed E-state index contributed by atoms with van der Waals surface area (Å²) in [5.74, 6) is 0.619. The highest BCUT2D eigenvalue weighted by Crippen LogP contribution is 2.35. The van der Waals surface area contributed by atoms with Gasteiger partial charge >= 0.3 is 0 Å². The monoisotopic (exact) mass is 285 g/mol.